The normalized spacial score (nSPS) is 12.9. The Hall–Kier alpha value is -1.11. The van der Waals surface area contributed by atoms with Crippen molar-refractivity contribution in [2.45, 2.75) is 27.2 Å². The van der Waals surface area contributed by atoms with E-state index in [1.54, 1.807) is 0 Å². The van der Waals surface area contributed by atoms with Crippen LogP contribution in [0.2, 0.25) is 0 Å². The fourth-order valence-electron chi connectivity index (χ4n) is 1.32. The van der Waals surface area contributed by atoms with E-state index < -0.39 is 0 Å². The minimum atomic E-state index is 0.631. The molecule has 1 rings (SSSR count). The average Bonchev–Trinajstić information content (AvgIpc) is 2.19. The Bertz CT molecular complexity index is 285. The van der Waals surface area contributed by atoms with Crippen molar-refractivity contribution in [1.29, 1.82) is 0 Å². The molecular weight excluding hydrogens is 172 g/mol. The van der Waals surface area contributed by atoms with Crippen molar-refractivity contribution < 1.29 is 4.79 Å². The summed E-state index contributed by atoms with van der Waals surface area (Å²) in [6, 6.07) is 7.68. The first-order valence-corrected chi connectivity index (χ1v) is 5.10. The fourth-order valence-corrected chi connectivity index (χ4v) is 1.32. The van der Waals surface area contributed by atoms with Gasteiger partial charge in [-0.3, -0.25) is 4.79 Å². The average molecular weight is 189 g/mol. The first kappa shape index (κ1) is 11.0. The minimum Gasteiger partial charge on any atom is -0.285 e. The predicted molar refractivity (Wildman–Crippen MR) is 58.9 cm³/mol. The quantitative estimate of drug-likeness (QED) is 0.711. The van der Waals surface area contributed by atoms with Crippen LogP contribution < -0.4 is 0 Å². The lowest BCUT2D eigenvalue weighted by Gasteiger charge is -2.15. The lowest BCUT2D eigenvalue weighted by atomic mass is 9.91. The predicted octanol–water partition coefficient (Wildman–Crippen LogP) is 2.98. The summed E-state index contributed by atoms with van der Waals surface area (Å²) < 4.78 is 0. The molecule has 0 aliphatic rings. The molecule has 0 spiro atoms. The van der Waals surface area contributed by atoms with E-state index in [0.29, 0.717) is 17.4 Å². The molecule has 0 fully saturated rings. The SMILES string of the molecule is CC(C)C(C)Cc1ccc([C]=O)cc1. The van der Waals surface area contributed by atoms with Gasteiger partial charge in [-0.1, -0.05) is 45.0 Å². The summed E-state index contributed by atoms with van der Waals surface area (Å²) in [4.78, 5) is 10.3. The summed E-state index contributed by atoms with van der Waals surface area (Å²) in [5.41, 5.74) is 1.93. The van der Waals surface area contributed by atoms with Crippen LogP contribution in [0.25, 0.3) is 0 Å². The monoisotopic (exact) mass is 189 g/mol. The number of benzene rings is 1. The molecule has 0 saturated carbocycles. The van der Waals surface area contributed by atoms with Gasteiger partial charge in [0.2, 0.25) is 6.29 Å². The third-order valence-electron chi connectivity index (χ3n) is 2.77. The Morgan fingerprint density at radius 2 is 1.71 bits per heavy atom. The molecular formula is C13H17O. The van der Waals surface area contributed by atoms with Crippen molar-refractivity contribution in [3.63, 3.8) is 0 Å². The lowest BCUT2D eigenvalue weighted by Crippen LogP contribution is -2.07. The smallest absolute Gasteiger partial charge is 0.233 e. The van der Waals surface area contributed by atoms with Crippen LogP contribution in [-0.4, -0.2) is 6.29 Å². The molecule has 1 nitrogen and oxygen atoms in total. The highest BCUT2D eigenvalue weighted by atomic mass is 16.1. The molecule has 1 heteroatoms. The molecule has 1 atom stereocenters. The molecule has 0 aliphatic heterocycles. The maximum absolute atomic E-state index is 10.3. The van der Waals surface area contributed by atoms with Crippen LogP contribution in [0, 0.1) is 11.8 Å². The van der Waals surface area contributed by atoms with Gasteiger partial charge in [0.1, 0.15) is 0 Å². The highest BCUT2D eigenvalue weighted by molar-refractivity contribution is 5.75. The summed E-state index contributed by atoms with van der Waals surface area (Å²) in [6.07, 6.45) is 2.96. The van der Waals surface area contributed by atoms with Gasteiger partial charge in [-0.2, -0.15) is 0 Å². The first-order chi connectivity index (χ1) is 6.63. The zero-order valence-corrected chi connectivity index (χ0v) is 9.08. The number of hydrogen-bond acceptors (Lipinski definition) is 1. The van der Waals surface area contributed by atoms with Crippen molar-refractivity contribution in [2.24, 2.45) is 11.8 Å². The lowest BCUT2D eigenvalue weighted by molar-refractivity contribution is 0.417. The van der Waals surface area contributed by atoms with E-state index in [1.807, 2.05) is 30.6 Å². The van der Waals surface area contributed by atoms with Gasteiger partial charge in [0.15, 0.2) is 0 Å². The zero-order valence-electron chi connectivity index (χ0n) is 9.08. The summed E-state index contributed by atoms with van der Waals surface area (Å²) in [6.45, 7) is 6.72. The molecule has 1 radical (unpaired) electrons. The van der Waals surface area contributed by atoms with Crippen molar-refractivity contribution in [2.75, 3.05) is 0 Å². The van der Waals surface area contributed by atoms with Crippen molar-refractivity contribution in [3.8, 4) is 0 Å². The molecule has 0 bridgehead atoms. The van der Waals surface area contributed by atoms with Gasteiger partial charge in [-0.15, -0.1) is 0 Å². The molecule has 1 aromatic rings. The third kappa shape index (κ3) is 2.99. The van der Waals surface area contributed by atoms with E-state index >= 15 is 0 Å². The number of hydrogen-bond donors (Lipinski definition) is 0. The molecule has 0 aromatic heterocycles. The zero-order chi connectivity index (χ0) is 10.6. The maximum atomic E-state index is 10.3. The van der Waals surface area contributed by atoms with Gasteiger partial charge in [-0.25, -0.2) is 0 Å². The minimum absolute atomic E-state index is 0.631. The molecule has 0 heterocycles. The Balaban J connectivity index is 2.64. The summed E-state index contributed by atoms with van der Waals surface area (Å²) in [5.74, 6) is 1.38. The molecule has 0 N–H and O–H groups in total. The standard InChI is InChI=1S/C13H17O/c1-10(2)11(3)8-12-4-6-13(9-14)7-5-12/h4-7,10-11H,8H2,1-3H3. The van der Waals surface area contributed by atoms with Crippen LogP contribution >= 0.6 is 0 Å². The van der Waals surface area contributed by atoms with Crippen molar-refractivity contribution in [3.05, 3.63) is 35.4 Å². The van der Waals surface area contributed by atoms with Crippen molar-refractivity contribution in [1.82, 2.24) is 0 Å². The summed E-state index contributed by atoms with van der Waals surface area (Å²) in [7, 11) is 0. The topological polar surface area (TPSA) is 17.1 Å². The van der Waals surface area contributed by atoms with Crippen LogP contribution in [0.15, 0.2) is 24.3 Å². The Kier molecular flexibility index (Phi) is 3.87. The van der Waals surface area contributed by atoms with Crippen LogP contribution in [-0.2, 0) is 11.2 Å². The molecule has 1 unspecified atom stereocenters. The van der Waals surface area contributed by atoms with Crippen LogP contribution in [0.1, 0.15) is 31.9 Å². The van der Waals surface area contributed by atoms with Gasteiger partial charge in [0.05, 0.1) is 0 Å². The van der Waals surface area contributed by atoms with E-state index in [9.17, 15) is 4.79 Å². The molecule has 0 saturated heterocycles. The summed E-state index contributed by atoms with van der Waals surface area (Å²) in [5, 5.41) is 0. The fraction of sp³-hybridized carbons (Fsp3) is 0.462. The van der Waals surface area contributed by atoms with Gasteiger partial charge in [0, 0.05) is 5.56 Å². The highest BCUT2D eigenvalue weighted by Crippen LogP contribution is 2.16. The summed E-state index contributed by atoms with van der Waals surface area (Å²) >= 11 is 0. The van der Waals surface area contributed by atoms with E-state index in [4.69, 9.17) is 0 Å². The largest absolute Gasteiger partial charge is 0.285 e. The van der Waals surface area contributed by atoms with Gasteiger partial charge < -0.3 is 0 Å². The Labute approximate surface area is 86.1 Å². The Morgan fingerprint density at radius 3 is 2.14 bits per heavy atom. The van der Waals surface area contributed by atoms with E-state index in [-0.39, 0.29) is 0 Å². The second kappa shape index (κ2) is 4.94. The van der Waals surface area contributed by atoms with Gasteiger partial charge in [0.25, 0.3) is 0 Å². The van der Waals surface area contributed by atoms with Crippen LogP contribution in [0.5, 0.6) is 0 Å². The number of carbonyl (C=O) groups excluding carboxylic acids is 1. The van der Waals surface area contributed by atoms with Crippen LogP contribution in [0.3, 0.4) is 0 Å². The van der Waals surface area contributed by atoms with Crippen molar-refractivity contribution >= 4 is 6.29 Å². The van der Waals surface area contributed by atoms with E-state index in [0.717, 1.165) is 6.42 Å². The van der Waals surface area contributed by atoms with Gasteiger partial charge in [-0.05, 0) is 23.8 Å². The van der Waals surface area contributed by atoms with Gasteiger partial charge >= 0.3 is 0 Å². The highest BCUT2D eigenvalue weighted by Gasteiger charge is 2.07. The first-order valence-electron chi connectivity index (χ1n) is 5.10. The Morgan fingerprint density at radius 1 is 1.14 bits per heavy atom. The third-order valence-corrected chi connectivity index (χ3v) is 2.77. The second-order valence-electron chi connectivity index (χ2n) is 4.22. The molecule has 14 heavy (non-hydrogen) atoms. The van der Waals surface area contributed by atoms with E-state index in [1.165, 1.54) is 5.56 Å². The molecule has 0 amide bonds. The number of rotatable bonds is 4. The second-order valence-corrected chi connectivity index (χ2v) is 4.22. The maximum Gasteiger partial charge on any atom is 0.233 e. The molecule has 1 aromatic carbocycles. The van der Waals surface area contributed by atoms with E-state index in [2.05, 4.69) is 20.8 Å². The molecule has 75 valence electrons. The van der Waals surface area contributed by atoms with Crippen LogP contribution in [0.4, 0.5) is 0 Å². The molecule has 0 aliphatic carbocycles.